The molecule has 1 aromatic carbocycles. The third kappa shape index (κ3) is 2.58. The monoisotopic (exact) mass is 339 g/mol. The Morgan fingerprint density at radius 2 is 2.11 bits per heavy atom. The van der Waals surface area contributed by atoms with Gasteiger partial charge in [-0.1, -0.05) is 6.07 Å². The fraction of sp³-hybridized carbons (Fsp3) is 0.214. The summed E-state index contributed by atoms with van der Waals surface area (Å²) in [6.45, 7) is 0.506. The van der Waals surface area contributed by atoms with E-state index in [1.165, 1.54) is 12.1 Å². The molecule has 1 aliphatic rings. The number of benzene rings is 1. The van der Waals surface area contributed by atoms with Crippen LogP contribution in [0.3, 0.4) is 0 Å². The zero-order chi connectivity index (χ0) is 13.4. The van der Waals surface area contributed by atoms with Gasteiger partial charge in [-0.3, -0.25) is 4.79 Å². The Morgan fingerprint density at radius 3 is 2.84 bits per heavy atom. The zero-order valence-corrected chi connectivity index (χ0v) is 12.4. The first kappa shape index (κ1) is 12.8. The first-order chi connectivity index (χ1) is 9.13. The molecule has 0 saturated heterocycles. The standard InChI is InChI=1S/C14H11BrFNOS/c15-13-5-4-11(19-13)8-17-12-7-10(16)3-1-9(12)2-6-14(17)18/h1,3-5,7H,2,6,8H2. The van der Waals surface area contributed by atoms with Crippen molar-refractivity contribution in [3.05, 3.63) is 50.4 Å². The number of anilines is 1. The van der Waals surface area contributed by atoms with Gasteiger partial charge in [-0.05, 0) is 52.2 Å². The van der Waals surface area contributed by atoms with Gasteiger partial charge in [0, 0.05) is 11.3 Å². The van der Waals surface area contributed by atoms with Gasteiger partial charge in [0.05, 0.1) is 16.0 Å². The lowest BCUT2D eigenvalue weighted by Gasteiger charge is -2.29. The minimum absolute atomic E-state index is 0.0580. The van der Waals surface area contributed by atoms with E-state index in [4.69, 9.17) is 0 Å². The van der Waals surface area contributed by atoms with Crippen LogP contribution in [0, 0.1) is 5.82 Å². The number of nitrogens with zero attached hydrogens (tertiary/aromatic N) is 1. The van der Waals surface area contributed by atoms with Gasteiger partial charge in [0.15, 0.2) is 0 Å². The van der Waals surface area contributed by atoms with Crippen LogP contribution in [0.25, 0.3) is 0 Å². The maximum absolute atomic E-state index is 13.4. The van der Waals surface area contributed by atoms with Gasteiger partial charge in [0.1, 0.15) is 5.82 Å². The van der Waals surface area contributed by atoms with Crippen LogP contribution in [-0.4, -0.2) is 5.91 Å². The molecule has 2 heterocycles. The molecule has 0 radical (unpaired) electrons. The van der Waals surface area contributed by atoms with E-state index in [0.29, 0.717) is 25.1 Å². The normalized spacial score (nSPS) is 14.6. The number of hydrogen-bond acceptors (Lipinski definition) is 2. The van der Waals surface area contributed by atoms with E-state index in [9.17, 15) is 9.18 Å². The number of aryl methyl sites for hydroxylation is 1. The van der Waals surface area contributed by atoms with Gasteiger partial charge in [0.25, 0.3) is 0 Å². The minimum Gasteiger partial charge on any atom is -0.307 e. The maximum Gasteiger partial charge on any atom is 0.227 e. The second-order valence-electron chi connectivity index (χ2n) is 4.46. The first-order valence-electron chi connectivity index (χ1n) is 5.96. The van der Waals surface area contributed by atoms with Gasteiger partial charge in [-0.2, -0.15) is 0 Å². The Kier molecular flexibility index (Phi) is 3.41. The van der Waals surface area contributed by atoms with Crippen molar-refractivity contribution in [2.45, 2.75) is 19.4 Å². The highest BCUT2D eigenvalue weighted by Gasteiger charge is 2.24. The van der Waals surface area contributed by atoms with E-state index >= 15 is 0 Å². The van der Waals surface area contributed by atoms with Crippen molar-refractivity contribution in [2.24, 2.45) is 0 Å². The van der Waals surface area contributed by atoms with Crippen LogP contribution in [0.15, 0.2) is 34.1 Å². The number of halogens is 2. The summed E-state index contributed by atoms with van der Waals surface area (Å²) in [6, 6.07) is 8.62. The van der Waals surface area contributed by atoms with Crippen LogP contribution in [-0.2, 0) is 17.8 Å². The molecule has 0 atom stereocenters. The zero-order valence-electron chi connectivity index (χ0n) is 10.0. The smallest absolute Gasteiger partial charge is 0.227 e. The Hall–Kier alpha value is -1.20. The number of thiophene rings is 1. The molecule has 1 aliphatic heterocycles. The summed E-state index contributed by atoms with van der Waals surface area (Å²) < 4.78 is 14.4. The molecule has 5 heteroatoms. The molecule has 1 aromatic heterocycles. The molecular weight excluding hydrogens is 329 g/mol. The van der Waals surface area contributed by atoms with E-state index in [1.54, 1.807) is 22.3 Å². The van der Waals surface area contributed by atoms with Crippen LogP contribution in [0.2, 0.25) is 0 Å². The van der Waals surface area contributed by atoms with Crippen molar-refractivity contribution in [1.29, 1.82) is 0 Å². The van der Waals surface area contributed by atoms with Gasteiger partial charge in [-0.25, -0.2) is 4.39 Å². The molecule has 3 rings (SSSR count). The number of carbonyl (C=O) groups excluding carboxylic acids is 1. The van der Waals surface area contributed by atoms with Gasteiger partial charge >= 0.3 is 0 Å². The van der Waals surface area contributed by atoms with Crippen LogP contribution < -0.4 is 4.90 Å². The molecule has 0 N–H and O–H groups in total. The second-order valence-corrected chi connectivity index (χ2v) is 7.01. The van der Waals surface area contributed by atoms with E-state index in [-0.39, 0.29) is 11.7 Å². The highest BCUT2D eigenvalue weighted by Crippen LogP contribution is 2.32. The largest absolute Gasteiger partial charge is 0.307 e. The summed E-state index contributed by atoms with van der Waals surface area (Å²) in [5.74, 6) is -0.242. The van der Waals surface area contributed by atoms with Gasteiger partial charge < -0.3 is 4.90 Å². The van der Waals surface area contributed by atoms with Crippen molar-refractivity contribution in [3.63, 3.8) is 0 Å². The summed E-state index contributed by atoms with van der Waals surface area (Å²) in [7, 11) is 0. The predicted molar refractivity (Wildman–Crippen MR) is 77.9 cm³/mol. The molecule has 0 fully saturated rings. The number of amides is 1. The quantitative estimate of drug-likeness (QED) is 0.805. The second kappa shape index (κ2) is 5.06. The molecule has 2 aromatic rings. The number of fused-ring (bicyclic) bond motifs is 1. The molecular formula is C14H11BrFNOS. The molecule has 0 unspecified atom stereocenters. The van der Waals surface area contributed by atoms with Gasteiger partial charge in [-0.15, -0.1) is 11.3 Å². The average molecular weight is 340 g/mol. The van der Waals surface area contributed by atoms with E-state index in [1.807, 2.05) is 12.1 Å². The van der Waals surface area contributed by atoms with Crippen LogP contribution >= 0.6 is 27.3 Å². The summed E-state index contributed by atoms with van der Waals surface area (Å²) in [5.41, 5.74) is 1.75. The topological polar surface area (TPSA) is 20.3 Å². The van der Waals surface area contributed by atoms with Crippen molar-refractivity contribution in [3.8, 4) is 0 Å². The molecule has 0 spiro atoms. The van der Waals surface area contributed by atoms with Gasteiger partial charge in [0.2, 0.25) is 5.91 Å². The number of rotatable bonds is 2. The summed E-state index contributed by atoms with van der Waals surface area (Å²) >= 11 is 5.00. The predicted octanol–water partition coefficient (Wildman–Crippen LogP) is 4.13. The van der Waals surface area contributed by atoms with Crippen LogP contribution in [0.4, 0.5) is 10.1 Å². The highest BCUT2D eigenvalue weighted by molar-refractivity contribution is 9.11. The Morgan fingerprint density at radius 1 is 1.26 bits per heavy atom. The SMILES string of the molecule is O=C1CCc2ccc(F)cc2N1Cc1ccc(Br)s1. The molecule has 0 aliphatic carbocycles. The Bertz CT molecular complexity index is 640. The van der Waals surface area contributed by atoms with Crippen molar-refractivity contribution in [1.82, 2.24) is 0 Å². The Balaban J connectivity index is 1.96. The summed E-state index contributed by atoms with van der Waals surface area (Å²) in [5, 5.41) is 0. The summed E-state index contributed by atoms with van der Waals surface area (Å²) in [4.78, 5) is 14.8. The van der Waals surface area contributed by atoms with Crippen molar-refractivity contribution < 1.29 is 9.18 Å². The average Bonchev–Trinajstić information content (AvgIpc) is 2.79. The van der Waals surface area contributed by atoms with E-state index in [0.717, 1.165) is 14.2 Å². The van der Waals surface area contributed by atoms with E-state index in [2.05, 4.69) is 15.9 Å². The van der Waals surface area contributed by atoms with Crippen molar-refractivity contribution >= 4 is 38.9 Å². The number of hydrogen-bond donors (Lipinski definition) is 0. The fourth-order valence-corrected chi connectivity index (χ4v) is 3.75. The third-order valence-corrected chi connectivity index (χ3v) is 4.80. The van der Waals surface area contributed by atoms with Crippen LogP contribution in [0.1, 0.15) is 16.9 Å². The lowest BCUT2D eigenvalue weighted by molar-refractivity contribution is -0.119. The minimum atomic E-state index is -0.300. The molecule has 0 saturated carbocycles. The maximum atomic E-state index is 13.4. The van der Waals surface area contributed by atoms with Crippen LogP contribution in [0.5, 0.6) is 0 Å². The molecule has 1 amide bonds. The Labute approximate surface area is 123 Å². The van der Waals surface area contributed by atoms with E-state index < -0.39 is 0 Å². The summed E-state index contributed by atoms with van der Waals surface area (Å²) in [6.07, 6.45) is 1.18. The molecule has 19 heavy (non-hydrogen) atoms. The first-order valence-corrected chi connectivity index (χ1v) is 7.57. The molecule has 0 bridgehead atoms. The fourth-order valence-electron chi connectivity index (χ4n) is 2.28. The highest BCUT2D eigenvalue weighted by atomic mass is 79.9. The lowest BCUT2D eigenvalue weighted by Crippen LogP contribution is -2.34. The molecule has 2 nitrogen and oxygen atoms in total. The van der Waals surface area contributed by atoms with Crippen molar-refractivity contribution in [2.75, 3.05) is 4.90 Å². The lowest BCUT2D eigenvalue weighted by atomic mass is 10.0. The third-order valence-electron chi connectivity index (χ3n) is 3.19. The number of carbonyl (C=O) groups is 1. The molecule has 98 valence electrons.